The van der Waals surface area contributed by atoms with Gasteiger partial charge in [-0.05, 0) is 86.9 Å². The van der Waals surface area contributed by atoms with Crippen molar-refractivity contribution in [2.45, 2.75) is 23.8 Å². The van der Waals surface area contributed by atoms with E-state index in [1.54, 1.807) is 24.5 Å². The first-order chi connectivity index (χ1) is 18.3. The van der Waals surface area contributed by atoms with Gasteiger partial charge in [0.1, 0.15) is 17.5 Å². The first-order valence-corrected chi connectivity index (χ1v) is 13.6. The number of halogens is 4. The molecule has 0 amide bonds. The summed E-state index contributed by atoms with van der Waals surface area (Å²) in [7, 11) is 4.13. The Morgan fingerprint density at radius 1 is 0.974 bits per heavy atom. The van der Waals surface area contributed by atoms with Crippen LogP contribution in [0.1, 0.15) is 12.8 Å². The van der Waals surface area contributed by atoms with Crippen LogP contribution in [0.2, 0.25) is 0 Å². The second-order valence-electron chi connectivity index (χ2n) is 9.15. The molecule has 0 aliphatic carbocycles. The lowest BCUT2D eigenvalue weighted by atomic mass is 10.0. The van der Waals surface area contributed by atoms with Gasteiger partial charge in [0.15, 0.2) is 10.9 Å². The highest BCUT2D eigenvalue weighted by atomic mass is 32.2. The summed E-state index contributed by atoms with van der Waals surface area (Å²) in [6.07, 6.45) is 5.16. The molecule has 1 aliphatic heterocycles. The lowest BCUT2D eigenvalue weighted by molar-refractivity contribution is 0.249. The number of benzene rings is 2. The maximum absolute atomic E-state index is 15.8. The zero-order chi connectivity index (χ0) is 26.8. The smallest absolute Gasteiger partial charge is 0.186 e. The standard InChI is InChI=1S/C27H25F4N5S2/c1-35(2)18-9-13-36(14-10-18)27-33-25(26(37-27)16-7-11-32-12-8-16)23-20(30)5-6-21(24(23)31)34-38-22-15-17(28)3-4-19(22)29/h3-8,11-12,15,18,34H,9-10,13-14H2,1-2H3. The van der Waals surface area contributed by atoms with Crippen molar-refractivity contribution in [3.05, 3.63) is 78.1 Å². The van der Waals surface area contributed by atoms with Crippen LogP contribution in [-0.4, -0.2) is 48.1 Å². The Balaban J connectivity index is 1.52. The van der Waals surface area contributed by atoms with Crippen LogP contribution in [-0.2, 0) is 0 Å². The minimum absolute atomic E-state index is 0.0511. The van der Waals surface area contributed by atoms with E-state index in [0.717, 1.165) is 55.8 Å². The van der Waals surface area contributed by atoms with Crippen molar-refractivity contribution in [2.24, 2.45) is 0 Å². The number of hydrogen-bond acceptors (Lipinski definition) is 7. The van der Waals surface area contributed by atoms with Gasteiger partial charge in [0.25, 0.3) is 0 Å². The molecule has 0 atom stereocenters. The molecule has 38 heavy (non-hydrogen) atoms. The van der Waals surface area contributed by atoms with E-state index in [1.165, 1.54) is 17.4 Å². The molecule has 198 valence electrons. The van der Waals surface area contributed by atoms with E-state index in [4.69, 9.17) is 4.98 Å². The number of nitrogens with zero attached hydrogens (tertiary/aromatic N) is 4. The largest absolute Gasteiger partial charge is 0.348 e. The second-order valence-corrected chi connectivity index (χ2v) is 11.0. The fourth-order valence-electron chi connectivity index (χ4n) is 4.40. The third-order valence-corrected chi connectivity index (χ3v) is 8.54. The number of aromatic nitrogens is 2. The van der Waals surface area contributed by atoms with Gasteiger partial charge in [-0.1, -0.05) is 11.3 Å². The van der Waals surface area contributed by atoms with Gasteiger partial charge in [0, 0.05) is 31.5 Å². The molecule has 11 heteroatoms. The van der Waals surface area contributed by atoms with Gasteiger partial charge in [-0.2, -0.15) is 0 Å². The van der Waals surface area contributed by atoms with Gasteiger partial charge < -0.3 is 14.5 Å². The molecule has 1 saturated heterocycles. The summed E-state index contributed by atoms with van der Waals surface area (Å²) in [5, 5.41) is 0.692. The van der Waals surface area contributed by atoms with Crippen LogP contribution >= 0.6 is 23.3 Å². The Bertz CT molecular complexity index is 1420. The molecule has 1 fully saturated rings. The van der Waals surface area contributed by atoms with E-state index >= 15 is 8.78 Å². The van der Waals surface area contributed by atoms with Crippen LogP contribution in [0.15, 0.2) is 59.8 Å². The lowest BCUT2D eigenvalue weighted by Gasteiger charge is -2.35. The molecule has 1 N–H and O–H groups in total. The van der Waals surface area contributed by atoms with Gasteiger partial charge >= 0.3 is 0 Å². The van der Waals surface area contributed by atoms with Crippen molar-refractivity contribution < 1.29 is 17.6 Å². The molecule has 0 spiro atoms. The topological polar surface area (TPSA) is 44.3 Å². The maximum Gasteiger partial charge on any atom is 0.186 e. The summed E-state index contributed by atoms with van der Waals surface area (Å²) in [6.45, 7) is 1.57. The van der Waals surface area contributed by atoms with Crippen molar-refractivity contribution in [1.29, 1.82) is 0 Å². The monoisotopic (exact) mass is 559 g/mol. The fraction of sp³-hybridized carbons (Fsp3) is 0.259. The average Bonchev–Trinajstić information content (AvgIpc) is 3.35. The molecule has 2 aromatic heterocycles. The van der Waals surface area contributed by atoms with E-state index in [9.17, 15) is 8.78 Å². The Morgan fingerprint density at radius 3 is 2.39 bits per heavy atom. The van der Waals surface area contributed by atoms with Crippen LogP contribution in [0.5, 0.6) is 0 Å². The highest BCUT2D eigenvalue weighted by molar-refractivity contribution is 8.00. The van der Waals surface area contributed by atoms with Gasteiger partial charge in [0.05, 0.1) is 26.7 Å². The number of piperidine rings is 1. The van der Waals surface area contributed by atoms with Crippen LogP contribution in [0, 0.1) is 23.3 Å². The molecule has 5 rings (SSSR count). The number of rotatable bonds is 7. The minimum Gasteiger partial charge on any atom is -0.348 e. The Kier molecular flexibility index (Phi) is 7.87. The van der Waals surface area contributed by atoms with E-state index in [-0.39, 0.29) is 21.8 Å². The van der Waals surface area contributed by atoms with Crippen LogP contribution in [0.25, 0.3) is 21.7 Å². The molecule has 0 unspecified atom stereocenters. The Morgan fingerprint density at radius 2 is 1.68 bits per heavy atom. The molecule has 4 aromatic rings. The number of pyridine rings is 1. The van der Waals surface area contributed by atoms with Crippen molar-refractivity contribution in [1.82, 2.24) is 14.9 Å². The summed E-state index contributed by atoms with van der Waals surface area (Å²) in [4.78, 5) is 13.7. The third-order valence-electron chi connectivity index (χ3n) is 6.52. The summed E-state index contributed by atoms with van der Waals surface area (Å²) >= 11 is 2.09. The predicted octanol–water partition coefficient (Wildman–Crippen LogP) is 7.08. The average molecular weight is 560 g/mol. The van der Waals surface area contributed by atoms with Crippen molar-refractivity contribution in [3.8, 4) is 21.7 Å². The van der Waals surface area contributed by atoms with Crippen molar-refractivity contribution in [3.63, 3.8) is 0 Å². The van der Waals surface area contributed by atoms with Crippen LogP contribution in [0.4, 0.5) is 28.4 Å². The molecular weight excluding hydrogens is 534 g/mol. The summed E-state index contributed by atoms with van der Waals surface area (Å²) in [5.41, 5.74) is 0.576. The van der Waals surface area contributed by atoms with Crippen molar-refractivity contribution >= 4 is 34.1 Å². The Hall–Kier alpha value is -3.15. The van der Waals surface area contributed by atoms with Crippen LogP contribution < -0.4 is 9.62 Å². The van der Waals surface area contributed by atoms with E-state index in [2.05, 4.69) is 33.6 Å². The molecule has 0 saturated carbocycles. The maximum atomic E-state index is 15.8. The number of thiazole rings is 1. The van der Waals surface area contributed by atoms with Gasteiger partial charge in [-0.25, -0.2) is 22.5 Å². The zero-order valence-electron chi connectivity index (χ0n) is 20.7. The fourth-order valence-corrected chi connectivity index (χ4v) is 6.24. The highest BCUT2D eigenvalue weighted by Gasteiger charge is 2.28. The van der Waals surface area contributed by atoms with Crippen molar-refractivity contribution in [2.75, 3.05) is 36.8 Å². The SMILES string of the molecule is CN(C)C1CCN(c2nc(-c3c(F)ccc(NSc4cc(F)ccc4F)c3F)c(-c3ccncc3)s2)CC1. The summed E-state index contributed by atoms with van der Waals surface area (Å²) in [6, 6.07) is 9.39. The lowest BCUT2D eigenvalue weighted by Crippen LogP contribution is -2.41. The number of anilines is 2. The highest BCUT2D eigenvalue weighted by Crippen LogP contribution is 2.44. The first kappa shape index (κ1) is 26.5. The number of nitrogens with one attached hydrogen (secondary N) is 1. The Labute approximate surface area is 226 Å². The van der Waals surface area contributed by atoms with E-state index < -0.39 is 23.3 Å². The molecular formula is C27H25F4N5S2. The molecule has 2 aromatic carbocycles. The normalized spacial score (nSPS) is 14.3. The molecule has 1 aliphatic rings. The van der Waals surface area contributed by atoms with E-state index in [1.807, 2.05) is 0 Å². The van der Waals surface area contributed by atoms with Gasteiger partial charge in [-0.15, -0.1) is 0 Å². The van der Waals surface area contributed by atoms with Gasteiger partial charge in [0.2, 0.25) is 0 Å². The summed E-state index contributed by atoms with van der Waals surface area (Å²) < 4.78 is 61.4. The van der Waals surface area contributed by atoms with Crippen LogP contribution in [0.3, 0.4) is 0 Å². The predicted molar refractivity (Wildman–Crippen MR) is 145 cm³/mol. The molecule has 5 nitrogen and oxygen atoms in total. The summed E-state index contributed by atoms with van der Waals surface area (Å²) in [5.74, 6) is -2.92. The zero-order valence-corrected chi connectivity index (χ0v) is 22.4. The van der Waals surface area contributed by atoms with E-state index in [0.29, 0.717) is 28.0 Å². The number of hydrogen-bond donors (Lipinski definition) is 1. The molecule has 0 radical (unpaired) electrons. The second kappa shape index (κ2) is 11.3. The first-order valence-electron chi connectivity index (χ1n) is 12.0. The molecule has 0 bridgehead atoms. The molecule has 3 heterocycles. The van der Waals surface area contributed by atoms with Gasteiger partial charge in [-0.3, -0.25) is 4.98 Å². The minimum atomic E-state index is -0.868. The third kappa shape index (κ3) is 5.50. The quantitative estimate of drug-likeness (QED) is 0.193.